The average molecular weight is 404 g/mol. The fourth-order valence-electron chi connectivity index (χ4n) is 4.05. The number of hydrogen-bond donors (Lipinski definition) is 0. The Hall–Kier alpha value is -3.14. The van der Waals surface area contributed by atoms with Crippen LogP contribution in [0.1, 0.15) is 13.8 Å². The smallest absolute Gasteiger partial charge is 0.404 e. The molecule has 5 rings (SSSR count). The van der Waals surface area contributed by atoms with Crippen molar-refractivity contribution in [1.82, 2.24) is 0 Å². The van der Waals surface area contributed by atoms with Crippen molar-refractivity contribution in [2.75, 3.05) is 6.61 Å². The van der Waals surface area contributed by atoms with Crippen LogP contribution in [0, 0.1) is 0 Å². The molecule has 1 heterocycles. The molecule has 0 spiro atoms. The molecule has 1 aliphatic heterocycles. The molecule has 2 nitrogen and oxygen atoms in total. The minimum absolute atomic E-state index is 0.256. The van der Waals surface area contributed by atoms with Crippen LogP contribution in [-0.4, -0.2) is 19.3 Å². The van der Waals surface area contributed by atoms with Gasteiger partial charge in [-0.1, -0.05) is 84.9 Å². The van der Waals surface area contributed by atoms with E-state index >= 15 is 0 Å². The zero-order chi connectivity index (χ0) is 21.3. The molecule has 0 N–H and O–H groups in total. The summed E-state index contributed by atoms with van der Waals surface area (Å²) in [6.07, 6.45) is 0. The molecule has 1 fully saturated rings. The lowest BCUT2D eigenvalue weighted by Crippen LogP contribution is -2.34. The Kier molecular flexibility index (Phi) is 5.23. The van der Waals surface area contributed by atoms with Crippen molar-refractivity contribution >= 4 is 12.6 Å². The highest BCUT2D eigenvalue weighted by atomic mass is 16.7. The highest BCUT2D eigenvalue weighted by molar-refractivity contribution is 6.62. The quantitative estimate of drug-likeness (QED) is 0.377. The lowest BCUT2D eigenvalue weighted by Gasteiger charge is -2.16. The van der Waals surface area contributed by atoms with Crippen LogP contribution in [0.5, 0.6) is 0 Å². The van der Waals surface area contributed by atoms with Gasteiger partial charge in [0.1, 0.15) is 0 Å². The van der Waals surface area contributed by atoms with Gasteiger partial charge in [0.2, 0.25) is 0 Å². The van der Waals surface area contributed by atoms with Gasteiger partial charge >= 0.3 is 7.12 Å². The SMILES string of the molecule is CC1(C)COB(c2cccc(-c3cc(-c4ccccc4)cc(-c4ccccc4)c3)c2)O1. The van der Waals surface area contributed by atoms with Crippen molar-refractivity contribution in [3.63, 3.8) is 0 Å². The van der Waals surface area contributed by atoms with Crippen LogP contribution in [0.15, 0.2) is 103 Å². The van der Waals surface area contributed by atoms with E-state index in [2.05, 4.69) is 117 Å². The maximum atomic E-state index is 6.09. The Labute approximate surface area is 184 Å². The molecule has 0 atom stereocenters. The van der Waals surface area contributed by atoms with Crippen molar-refractivity contribution in [2.24, 2.45) is 0 Å². The van der Waals surface area contributed by atoms with Crippen LogP contribution < -0.4 is 5.46 Å². The van der Waals surface area contributed by atoms with Gasteiger partial charge < -0.3 is 9.31 Å². The monoisotopic (exact) mass is 404 g/mol. The number of hydrogen-bond acceptors (Lipinski definition) is 2. The second kappa shape index (κ2) is 8.18. The third-order valence-corrected chi connectivity index (χ3v) is 5.65. The standard InChI is InChI=1S/C28H25BO2/c1-28(2)20-30-29(31-28)27-15-9-14-23(19-27)26-17-24(21-10-5-3-6-11-21)16-25(18-26)22-12-7-4-8-13-22/h3-19H,20H2,1-2H3. The van der Waals surface area contributed by atoms with Crippen LogP contribution in [-0.2, 0) is 9.31 Å². The first-order valence-corrected chi connectivity index (χ1v) is 10.7. The first-order valence-electron chi connectivity index (χ1n) is 10.7. The lowest BCUT2D eigenvalue weighted by molar-refractivity contribution is 0.137. The van der Waals surface area contributed by atoms with Gasteiger partial charge in [0.25, 0.3) is 0 Å². The summed E-state index contributed by atoms with van der Waals surface area (Å²) in [4.78, 5) is 0. The molecule has 0 amide bonds. The molecule has 0 bridgehead atoms. The molecule has 1 aliphatic rings. The maximum Gasteiger partial charge on any atom is 0.494 e. The maximum absolute atomic E-state index is 6.09. The fraction of sp³-hybridized carbons (Fsp3) is 0.143. The Bertz CT molecular complexity index is 1130. The van der Waals surface area contributed by atoms with Gasteiger partial charge in [0.05, 0.1) is 12.2 Å². The summed E-state index contributed by atoms with van der Waals surface area (Å²) >= 11 is 0. The van der Waals surface area contributed by atoms with Gasteiger partial charge in [0, 0.05) is 0 Å². The van der Waals surface area contributed by atoms with Crippen molar-refractivity contribution < 1.29 is 9.31 Å². The Morgan fingerprint density at radius 3 is 1.61 bits per heavy atom. The molecule has 0 aromatic heterocycles. The van der Waals surface area contributed by atoms with E-state index < -0.39 is 0 Å². The minimum atomic E-state index is -0.319. The van der Waals surface area contributed by atoms with Crippen molar-refractivity contribution in [3.05, 3.63) is 103 Å². The third kappa shape index (κ3) is 4.34. The van der Waals surface area contributed by atoms with Gasteiger partial charge in [-0.25, -0.2) is 0 Å². The van der Waals surface area contributed by atoms with Crippen molar-refractivity contribution in [2.45, 2.75) is 19.4 Å². The molecule has 0 radical (unpaired) electrons. The largest absolute Gasteiger partial charge is 0.494 e. The third-order valence-electron chi connectivity index (χ3n) is 5.65. The molecule has 0 aliphatic carbocycles. The van der Waals surface area contributed by atoms with Crippen LogP contribution in [0.4, 0.5) is 0 Å². The van der Waals surface area contributed by atoms with Crippen molar-refractivity contribution in [3.8, 4) is 33.4 Å². The van der Waals surface area contributed by atoms with E-state index in [-0.39, 0.29) is 12.7 Å². The highest BCUT2D eigenvalue weighted by Crippen LogP contribution is 2.33. The molecule has 3 heteroatoms. The summed E-state index contributed by atoms with van der Waals surface area (Å²) in [5, 5.41) is 0. The lowest BCUT2D eigenvalue weighted by atomic mass is 9.78. The normalized spacial score (nSPS) is 15.2. The van der Waals surface area contributed by atoms with Gasteiger partial charge in [-0.2, -0.15) is 0 Å². The summed E-state index contributed by atoms with van der Waals surface area (Å²) in [5.74, 6) is 0. The second-order valence-electron chi connectivity index (χ2n) is 8.68. The van der Waals surface area contributed by atoms with E-state index in [0.717, 1.165) is 11.0 Å². The first kappa shape index (κ1) is 19.8. The van der Waals surface area contributed by atoms with E-state index in [1.165, 1.54) is 27.8 Å². The Morgan fingerprint density at radius 1 is 0.581 bits per heavy atom. The van der Waals surface area contributed by atoms with Gasteiger partial charge in [0.15, 0.2) is 0 Å². The van der Waals surface area contributed by atoms with Gasteiger partial charge in [-0.15, -0.1) is 0 Å². The zero-order valence-electron chi connectivity index (χ0n) is 17.9. The van der Waals surface area contributed by atoms with E-state index in [0.29, 0.717) is 6.61 Å². The Balaban J connectivity index is 1.60. The molecule has 0 unspecified atom stereocenters. The molecule has 4 aromatic carbocycles. The fourth-order valence-corrected chi connectivity index (χ4v) is 4.05. The molecule has 31 heavy (non-hydrogen) atoms. The molecule has 152 valence electrons. The van der Waals surface area contributed by atoms with E-state index in [1.807, 2.05) is 0 Å². The van der Waals surface area contributed by atoms with Crippen molar-refractivity contribution in [1.29, 1.82) is 0 Å². The van der Waals surface area contributed by atoms with Crippen LogP contribution >= 0.6 is 0 Å². The molecular formula is C28H25BO2. The summed E-state index contributed by atoms with van der Waals surface area (Å²) < 4.78 is 12.0. The average Bonchev–Trinajstić information content (AvgIpc) is 3.20. The van der Waals surface area contributed by atoms with Gasteiger partial charge in [-0.05, 0) is 70.9 Å². The Morgan fingerprint density at radius 2 is 1.10 bits per heavy atom. The molecule has 0 saturated carbocycles. The zero-order valence-corrected chi connectivity index (χ0v) is 17.9. The molecule has 4 aromatic rings. The van der Waals surface area contributed by atoms with Crippen LogP contribution in [0.25, 0.3) is 33.4 Å². The number of rotatable bonds is 4. The van der Waals surface area contributed by atoms with Crippen LogP contribution in [0.2, 0.25) is 0 Å². The minimum Gasteiger partial charge on any atom is -0.404 e. The van der Waals surface area contributed by atoms with E-state index in [4.69, 9.17) is 9.31 Å². The number of benzene rings is 4. The van der Waals surface area contributed by atoms with Gasteiger partial charge in [-0.3, -0.25) is 0 Å². The van der Waals surface area contributed by atoms with Crippen LogP contribution in [0.3, 0.4) is 0 Å². The molecule has 1 saturated heterocycles. The van der Waals surface area contributed by atoms with E-state index in [9.17, 15) is 0 Å². The summed E-state index contributed by atoms with van der Waals surface area (Å²) in [6.45, 7) is 4.72. The van der Waals surface area contributed by atoms with E-state index in [1.54, 1.807) is 0 Å². The summed E-state index contributed by atoms with van der Waals surface area (Å²) in [6, 6.07) is 36.4. The summed E-state index contributed by atoms with van der Waals surface area (Å²) in [7, 11) is -0.319. The predicted molar refractivity (Wildman–Crippen MR) is 129 cm³/mol. The topological polar surface area (TPSA) is 18.5 Å². The predicted octanol–water partition coefficient (Wildman–Crippen LogP) is 6.21. The summed E-state index contributed by atoms with van der Waals surface area (Å²) in [5.41, 5.74) is 7.96. The molecular weight excluding hydrogens is 379 g/mol. The highest BCUT2D eigenvalue weighted by Gasteiger charge is 2.38. The second-order valence-corrected chi connectivity index (χ2v) is 8.68. The first-order chi connectivity index (χ1) is 15.1.